The van der Waals surface area contributed by atoms with Crippen molar-refractivity contribution in [1.29, 1.82) is 0 Å². The molecule has 2 aromatic carbocycles. The van der Waals surface area contributed by atoms with Gasteiger partial charge in [0.1, 0.15) is 16.5 Å². The predicted octanol–water partition coefficient (Wildman–Crippen LogP) is 5.23. The number of nitrogens with one attached hydrogen (secondary N) is 1. The van der Waals surface area contributed by atoms with Crippen molar-refractivity contribution in [3.63, 3.8) is 0 Å². The Morgan fingerprint density at radius 3 is 2.62 bits per heavy atom. The molecule has 0 atom stereocenters. The molecule has 5 aromatic rings. The Bertz CT molecular complexity index is 1320. The van der Waals surface area contributed by atoms with E-state index in [-0.39, 0.29) is 0 Å². The molecule has 0 fully saturated rings. The second-order valence-corrected chi connectivity index (χ2v) is 7.94. The van der Waals surface area contributed by atoms with Crippen molar-refractivity contribution >= 4 is 39.5 Å². The number of fused-ring (bicyclic) bond motifs is 1. The Morgan fingerprint density at radius 1 is 1.03 bits per heavy atom. The molecule has 5 rings (SSSR count). The first-order valence-electron chi connectivity index (χ1n) is 8.50. The SMILES string of the molecule is COc1ccc(-c2cc(-c3nnc4sc(-c5ccc(Cl)cc5Cl)nn34)[nH]n2)cc1. The summed E-state index contributed by atoms with van der Waals surface area (Å²) in [6, 6.07) is 14.9. The highest BCUT2D eigenvalue weighted by atomic mass is 35.5. The number of aromatic amines is 1. The van der Waals surface area contributed by atoms with Crippen LogP contribution < -0.4 is 4.74 Å². The van der Waals surface area contributed by atoms with Crippen molar-refractivity contribution in [2.24, 2.45) is 0 Å². The molecule has 144 valence electrons. The molecule has 0 saturated carbocycles. The highest BCUT2D eigenvalue weighted by Crippen LogP contribution is 2.34. The summed E-state index contributed by atoms with van der Waals surface area (Å²) < 4.78 is 6.87. The van der Waals surface area contributed by atoms with E-state index in [0.29, 0.717) is 26.5 Å². The van der Waals surface area contributed by atoms with E-state index in [1.807, 2.05) is 36.4 Å². The number of H-pyrrole nitrogens is 1. The fraction of sp³-hybridized carbons (Fsp3) is 0.0526. The highest BCUT2D eigenvalue weighted by Gasteiger charge is 2.18. The maximum atomic E-state index is 6.32. The largest absolute Gasteiger partial charge is 0.497 e. The van der Waals surface area contributed by atoms with Crippen LogP contribution in [0.25, 0.3) is 38.3 Å². The lowest BCUT2D eigenvalue weighted by atomic mass is 10.1. The van der Waals surface area contributed by atoms with Crippen LogP contribution in [0.5, 0.6) is 5.75 Å². The van der Waals surface area contributed by atoms with Gasteiger partial charge in [-0.2, -0.15) is 14.7 Å². The van der Waals surface area contributed by atoms with Crippen molar-refractivity contribution in [1.82, 2.24) is 30.0 Å². The van der Waals surface area contributed by atoms with Gasteiger partial charge in [-0.15, -0.1) is 10.2 Å². The van der Waals surface area contributed by atoms with Gasteiger partial charge in [-0.05, 0) is 48.5 Å². The van der Waals surface area contributed by atoms with Gasteiger partial charge in [0.05, 0.1) is 17.8 Å². The molecule has 0 aliphatic heterocycles. The van der Waals surface area contributed by atoms with Gasteiger partial charge >= 0.3 is 0 Å². The highest BCUT2D eigenvalue weighted by molar-refractivity contribution is 7.19. The summed E-state index contributed by atoms with van der Waals surface area (Å²) in [7, 11) is 1.64. The summed E-state index contributed by atoms with van der Waals surface area (Å²) in [5.74, 6) is 1.36. The number of hydrogen-bond donors (Lipinski definition) is 1. The summed E-state index contributed by atoms with van der Waals surface area (Å²) in [5, 5.41) is 22.3. The fourth-order valence-corrected chi connectivity index (χ4v) is 4.34. The summed E-state index contributed by atoms with van der Waals surface area (Å²) in [4.78, 5) is 0.654. The Morgan fingerprint density at radius 2 is 1.86 bits per heavy atom. The van der Waals surface area contributed by atoms with Gasteiger partial charge in [-0.1, -0.05) is 34.5 Å². The smallest absolute Gasteiger partial charge is 0.235 e. The molecule has 0 bridgehead atoms. The lowest BCUT2D eigenvalue weighted by molar-refractivity contribution is 0.415. The maximum absolute atomic E-state index is 6.32. The van der Waals surface area contributed by atoms with E-state index in [1.54, 1.807) is 23.8 Å². The molecular formula is C19H12Cl2N6OS. The van der Waals surface area contributed by atoms with Gasteiger partial charge in [-0.3, -0.25) is 5.10 Å². The second kappa shape index (κ2) is 7.14. The summed E-state index contributed by atoms with van der Waals surface area (Å²) in [6.45, 7) is 0. The zero-order chi connectivity index (χ0) is 20.0. The molecular weight excluding hydrogens is 431 g/mol. The molecule has 1 N–H and O–H groups in total. The molecule has 0 spiro atoms. The van der Waals surface area contributed by atoms with Crippen molar-refractivity contribution in [3.8, 4) is 39.1 Å². The average Bonchev–Trinajstić information content (AvgIpc) is 3.43. The van der Waals surface area contributed by atoms with E-state index in [4.69, 9.17) is 27.9 Å². The number of halogens is 2. The minimum atomic E-state index is 0.535. The van der Waals surface area contributed by atoms with Gasteiger partial charge in [-0.25, -0.2) is 0 Å². The first-order chi connectivity index (χ1) is 14.1. The van der Waals surface area contributed by atoms with Crippen LogP contribution in [0.1, 0.15) is 0 Å². The minimum absolute atomic E-state index is 0.535. The van der Waals surface area contributed by atoms with E-state index in [9.17, 15) is 0 Å². The van der Waals surface area contributed by atoms with Crippen LogP contribution in [0.15, 0.2) is 48.5 Å². The maximum Gasteiger partial charge on any atom is 0.235 e. The number of aromatic nitrogens is 6. The number of benzene rings is 2. The van der Waals surface area contributed by atoms with E-state index < -0.39 is 0 Å². The molecule has 0 aliphatic rings. The zero-order valence-corrected chi connectivity index (χ0v) is 17.3. The molecule has 0 amide bonds. The van der Waals surface area contributed by atoms with E-state index in [1.165, 1.54) is 11.3 Å². The third-order valence-electron chi connectivity index (χ3n) is 4.36. The van der Waals surface area contributed by atoms with Crippen molar-refractivity contribution in [3.05, 3.63) is 58.6 Å². The van der Waals surface area contributed by atoms with Gasteiger partial charge in [0, 0.05) is 16.1 Å². The lowest BCUT2D eigenvalue weighted by Gasteiger charge is -2.00. The van der Waals surface area contributed by atoms with E-state index >= 15 is 0 Å². The van der Waals surface area contributed by atoms with Crippen LogP contribution >= 0.6 is 34.5 Å². The quantitative estimate of drug-likeness (QED) is 0.412. The summed E-state index contributed by atoms with van der Waals surface area (Å²) in [6.07, 6.45) is 0. The topological polar surface area (TPSA) is 81.0 Å². The van der Waals surface area contributed by atoms with Gasteiger partial charge in [0.15, 0.2) is 0 Å². The normalized spacial score (nSPS) is 11.3. The van der Waals surface area contributed by atoms with Crippen LogP contribution in [0.2, 0.25) is 10.0 Å². The number of hydrogen-bond acceptors (Lipinski definition) is 6. The molecule has 7 nitrogen and oxygen atoms in total. The fourth-order valence-electron chi connectivity index (χ4n) is 2.90. The second-order valence-electron chi connectivity index (χ2n) is 6.14. The number of nitrogens with zero attached hydrogens (tertiary/aromatic N) is 5. The Balaban J connectivity index is 1.52. The molecule has 3 heterocycles. The van der Waals surface area contributed by atoms with Gasteiger partial charge in [0.2, 0.25) is 10.8 Å². The van der Waals surface area contributed by atoms with Crippen LogP contribution in [0.3, 0.4) is 0 Å². The van der Waals surface area contributed by atoms with Crippen molar-refractivity contribution in [2.75, 3.05) is 7.11 Å². The monoisotopic (exact) mass is 442 g/mol. The number of rotatable bonds is 4. The molecule has 0 aliphatic carbocycles. The third kappa shape index (κ3) is 3.25. The van der Waals surface area contributed by atoms with E-state index in [2.05, 4.69) is 25.5 Å². The molecule has 29 heavy (non-hydrogen) atoms. The first kappa shape index (κ1) is 18.1. The summed E-state index contributed by atoms with van der Waals surface area (Å²) >= 11 is 13.7. The molecule has 0 saturated heterocycles. The molecule has 10 heteroatoms. The molecule has 0 unspecified atom stereocenters. The lowest BCUT2D eigenvalue weighted by Crippen LogP contribution is -1.91. The van der Waals surface area contributed by atoms with Crippen LogP contribution in [0.4, 0.5) is 0 Å². The molecule has 3 aromatic heterocycles. The van der Waals surface area contributed by atoms with Crippen LogP contribution in [-0.2, 0) is 0 Å². The predicted molar refractivity (Wildman–Crippen MR) is 114 cm³/mol. The Hall–Kier alpha value is -2.94. The average molecular weight is 443 g/mol. The summed E-state index contributed by atoms with van der Waals surface area (Å²) in [5.41, 5.74) is 3.25. The zero-order valence-electron chi connectivity index (χ0n) is 14.9. The minimum Gasteiger partial charge on any atom is -0.497 e. The van der Waals surface area contributed by atoms with Crippen molar-refractivity contribution in [2.45, 2.75) is 0 Å². The molecule has 0 radical (unpaired) electrons. The number of methoxy groups -OCH3 is 1. The first-order valence-corrected chi connectivity index (χ1v) is 10.1. The third-order valence-corrected chi connectivity index (χ3v) is 5.84. The standard InChI is InChI=1S/C19H12Cl2N6OS/c1-28-12-5-2-10(3-6-12)15-9-16(23-22-15)17-24-25-19-27(17)26-18(29-19)13-7-4-11(20)8-14(13)21/h2-9H,1H3,(H,22,23). The number of ether oxygens (including phenoxy) is 1. The van der Waals surface area contributed by atoms with Crippen molar-refractivity contribution < 1.29 is 4.74 Å². The van der Waals surface area contributed by atoms with Gasteiger partial charge in [0.25, 0.3) is 0 Å². The Kier molecular flexibility index (Phi) is 4.46. The Labute approximate surface area is 178 Å². The van der Waals surface area contributed by atoms with E-state index in [0.717, 1.165) is 27.6 Å². The van der Waals surface area contributed by atoms with Crippen LogP contribution in [-0.4, -0.2) is 37.1 Å². The van der Waals surface area contributed by atoms with Crippen LogP contribution in [0, 0.1) is 0 Å². The van der Waals surface area contributed by atoms with Gasteiger partial charge < -0.3 is 4.74 Å².